The first-order chi connectivity index (χ1) is 6.31. The van der Waals surface area contributed by atoms with E-state index in [9.17, 15) is 0 Å². The molecule has 0 spiro atoms. The van der Waals surface area contributed by atoms with E-state index < -0.39 is 0 Å². The fourth-order valence-electron chi connectivity index (χ4n) is 1.18. The Balaban J connectivity index is 2.41. The van der Waals surface area contributed by atoms with Crippen molar-refractivity contribution >= 4 is 0 Å². The minimum Gasteiger partial charge on any atom is -0.367 e. The molecule has 2 aromatic heterocycles. The van der Waals surface area contributed by atoms with Gasteiger partial charge < -0.3 is 9.51 Å². The Labute approximate surface area is 76.0 Å². The van der Waals surface area contributed by atoms with E-state index in [-0.39, 0.29) is 0 Å². The number of rotatable bonds is 2. The second-order valence-corrected chi connectivity index (χ2v) is 2.92. The molecule has 1 N–H and O–H groups in total. The van der Waals surface area contributed by atoms with Crippen molar-refractivity contribution in [3.8, 4) is 11.5 Å². The highest BCUT2D eigenvalue weighted by atomic mass is 16.5. The van der Waals surface area contributed by atoms with E-state index in [1.807, 2.05) is 26.2 Å². The number of aryl methyl sites for hydroxylation is 2. The van der Waals surface area contributed by atoms with E-state index in [1.54, 1.807) is 0 Å². The van der Waals surface area contributed by atoms with E-state index >= 15 is 0 Å². The highest BCUT2D eigenvalue weighted by Gasteiger charge is 2.10. The van der Waals surface area contributed by atoms with Crippen molar-refractivity contribution in [1.82, 2.24) is 15.1 Å². The van der Waals surface area contributed by atoms with Gasteiger partial charge in [-0.3, -0.25) is 0 Å². The summed E-state index contributed by atoms with van der Waals surface area (Å²) >= 11 is 0. The summed E-state index contributed by atoms with van der Waals surface area (Å²) in [6.07, 6.45) is 4.57. The Bertz CT molecular complexity index is 402. The van der Waals surface area contributed by atoms with Crippen molar-refractivity contribution < 1.29 is 4.52 Å². The number of aromatic amines is 1. The Morgan fingerprint density at radius 2 is 2.31 bits per heavy atom. The lowest BCUT2D eigenvalue weighted by atomic mass is 10.2. The van der Waals surface area contributed by atoms with Crippen LogP contribution in [-0.2, 0) is 6.42 Å². The minimum atomic E-state index is 0.593. The summed E-state index contributed by atoms with van der Waals surface area (Å²) < 4.78 is 5.10. The summed E-state index contributed by atoms with van der Waals surface area (Å²) in [4.78, 5) is 7.23. The van der Waals surface area contributed by atoms with Crippen molar-refractivity contribution in [2.75, 3.05) is 0 Å². The monoisotopic (exact) mass is 177 g/mol. The fourth-order valence-corrected chi connectivity index (χ4v) is 1.18. The molecular weight excluding hydrogens is 166 g/mol. The van der Waals surface area contributed by atoms with Crippen LogP contribution in [0, 0.1) is 6.92 Å². The molecule has 0 amide bonds. The number of H-pyrrole nitrogens is 1. The molecule has 68 valence electrons. The Morgan fingerprint density at radius 1 is 1.46 bits per heavy atom. The lowest BCUT2D eigenvalue weighted by Crippen LogP contribution is -1.82. The van der Waals surface area contributed by atoms with Crippen LogP contribution in [0.15, 0.2) is 16.9 Å². The average Bonchev–Trinajstić information content (AvgIpc) is 2.71. The van der Waals surface area contributed by atoms with Crippen molar-refractivity contribution in [2.24, 2.45) is 0 Å². The largest absolute Gasteiger partial charge is 0.367 e. The van der Waals surface area contributed by atoms with E-state index in [0.29, 0.717) is 5.89 Å². The number of hydrogen-bond acceptors (Lipinski definition) is 3. The molecule has 0 aliphatic carbocycles. The van der Waals surface area contributed by atoms with Crippen LogP contribution >= 0.6 is 0 Å². The zero-order valence-corrected chi connectivity index (χ0v) is 7.66. The van der Waals surface area contributed by atoms with Gasteiger partial charge in [-0.25, -0.2) is 0 Å². The van der Waals surface area contributed by atoms with Gasteiger partial charge in [-0.1, -0.05) is 12.1 Å². The molecule has 0 aromatic carbocycles. The van der Waals surface area contributed by atoms with Gasteiger partial charge in [-0.2, -0.15) is 4.98 Å². The smallest absolute Gasteiger partial charge is 0.259 e. The molecule has 0 bridgehead atoms. The van der Waals surface area contributed by atoms with Crippen molar-refractivity contribution in [1.29, 1.82) is 0 Å². The van der Waals surface area contributed by atoms with Gasteiger partial charge in [0.2, 0.25) is 0 Å². The van der Waals surface area contributed by atoms with Crippen LogP contribution in [0.1, 0.15) is 18.3 Å². The van der Waals surface area contributed by atoms with Crippen LogP contribution in [0.4, 0.5) is 0 Å². The third-order valence-corrected chi connectivity index (χ3v) is 1.97. The molecule has 0 saturated carbocycles. The van der Waals surface area contributed by atoms with Crippen molar-refractivity contribution in [2.45, 2.75) is 20.3 Å². The Hall–Kier alpha value is -1.58. The van der Waals surface area contributed by atoms with Crippen LogP contribution in [0.2, 0.25) is 0 Å². The summed E-state index contributed by atoms with van der Waals surface area (Å²) in [6, 6.07) is 0. The first-order valence-electron chi connectivity index (χ1n) is 4.27. The zero-order chi connectivity index (χ0) is 9.26. The lowest BCUT2D eigenvalue weighted by Gasteiger charge is -1.88. The SMILES string of the molecule is CCc1noc(-c2c[nH]cc2C)n1. The van der Waals surface area contributed by atoms with Gasteiger partial charge in [-0.15, -0.1) is 0 Å². The fraction of sp³-hybridized carbons (Fsp3) is 0.333. The number of nitrogens with zero attached hydrogens (tertiary/aromatic N) is 2. The Kier molecular flexibility index (Phi) is 1.88. The van der Waals surface area contributed by atoms with Crippen molar-refractivity contribution in [3.63, 3.8) is 0 Å². The second-order valence-electron chi connectivity index (χ2n) is 2.92. The van der Waals surface area contributed by atoms with Gasteiger partial charge >= 0.3 is 0 Å². The average molecular weight is 177 g/mol. The van der Waals surface area contributed by atoms with E-state index in [0.717, 1.165) is 23.4 Å². The predicted molar refractivity (Wildman–Crippen MR) is 48.2 cm³/mol. The van der Waals surface area contributed by atoms with Gasteiger partial charge in [0.1, 0.15) is 0 Å². The maximum Gasteiger partial charge on any atom is 0.259 e. The third kappa shape index (κ3) is 1.35. The molecule has 4 heteroatoms. The van der Waals surface area contributed by atoms with Crippen LogP contribution < -0.4 is 0 Å². The molecule has 4 nitrogen and oxygen atoms in total. The number of hydrogen-bond donors (Lipinski definition) is 1. The van der Waals surface area contributed by atoms with Gasteiger partial charge in [0, 0.05) is 18.8 Å². The molecule has 0 atom stereocenters. The van der Waals surface area contributed by atoms with Crippen molar-refractivity contribution in [3.05, 3.63) is 23.8 Å². The van der Waals surface area contributed by atoms with Crippen LogP contribution in [-0.4, -0.2) is 15.1 Å². The van der Waals surface area contributed by atoms with Gasteiger partial charge in [0.05, 0.1) is 5.56 Å². The number of nitrogens with one attached hydrogen (secondary N) is 1. The molecule has 2 rings (SSSR count). The van der Waals surface area contributed by atoms with Crippen LogP contribution in [0.25, 0.3) is 11.5 Å². The van der Waals surface area contributed by atoms with Crippen LogP contribution in [0.3, 0.4) is 0 Å². The van der Waals surface area contributed by atoms with Crippen LogP contribution in [0.5, 0.6) is 0 Å². The highest BCUT2D eigenvalue weighted by Crippen LogP contribution is 2.20. The van der Waals surface area contributed by atoms with E-state index in [2.05, 4.69) is 15.1 Å². The minimum absolute atomic E-state index is 0.593. The molecular formula is C9H11N3O. The molecule has 2 heterocycles. The maximum absolute atomic E-state index is 5.10. The second kappa shape index (κ2) is 3.05. The molecule has 0 fully saturated rings. The molecule has 0 unspecified atom stereocenters. The first kappa shape index (κ1) is 8.04. The summed E-state index contributed by atoms with van der Waals surface area (Å²) in [5.74, 6) is 1.34. The standard InChI is InChI=1S/C9H11N3O/c1-3-8-11-9(13-12-8)7-5-10-4-6(7)2/h4-5,10H,3H2,1-2H3. The molecule has 2 aromatic rings. The summed E-state index contributed by atoms with van der Waals surface area (Å²) in [5, 5.41) is 3.83. The van der Waals surface area contributed by atoms with E-state index in [1.165, 1.54) is 0 Å². The quantitative estimate of drug-likeness (QED) is 0.762. The molecule has 0 saturated heterocycles. The summed E-state index contributed by atoms with van der Waals surface area (Å²) in [5.41, 5.74) is 2.10. The summed E-state index contributed by atoms with van der Waals surface area (Å²) in [6.45, 7) is 4.00. The predicted octanol–water partition coefficient (Wildman–Crippen LogP) is 1.94. The number of aromatic nitrogens is 3. The van der Waals surface area contributed by atoms with Gasteiger partial charge in [-0.05, 0) is 12.5 Å². The molecule has 0 radical (unpaired) electrons. The third-order valence-electron chi connectivity index (χ3n) is 1.97. The first-order valence-corrected chi connectivity index (χ1v) is 4.27. The van der Waals surface area contributed by atoms with E-state index in [4.69, 9.17) is 4.52 Å². The lowest BCUT2D eigenvalue weighted by molar-refractivity contribution is 0.423. The molecule has 0 aliphatic rings. The molecule has 13 heavy (non-hydrogen) atoms. The zero-order valence-electron chi connectivity index (χ0n) is 7.66. The molecule has 0 aliphatic heterocycles. The highest BCUT2D eigenvalue weighted by molar-refractivity contribution is 5.56. The van der Waals surface area contributed by atoms with Gasteiger partial charge in [0.15, 0.2) is 5.82 Å². The Morgan fingerprint density at radius 3 is 2.85 bits per heavy atom. The normalized spacial score (nSPS) is 10.6. The maximum atomic E-state index is 5.10. The topological polar surface area (TPSA) is 54.7 Å². The van der Waals surface area contributed by atoms with Gasteiger partial charge in [0.25, 0.3) is 5.89 Å². The summed E-state index contributed by atoms with van der Waals surface area (Å²) in [7, 11) is 0.